The number of hydrogen-bond acceptors (Lipinski definition) is 1. The molecular formula is C14H11N+. The van der Waals surface area contributed by atoms with E-state index in [4.69, 9.17) is 5.73 Å². The molecule has 0 saturated carbocycles. The van der Waals surface area contributed by atoms with Crippen LogP contribution < -0.4 is 5.73 Å². The lowest BCUT2D eigenvalue weighted by Gasteiger charge is -2.01. The lowest BCUT2D eigenvalue weighted by molar-refractivity contribution is -0.254. The zero-order valence-electron chi connectivity index (χ0n) is 8.27. The topological polar surface area (TPSA) is 25.3 Å². The van der Waals surface area contributed by atoms with Crippen molar-refractivity contribution in [3.05, 3.63) is 54.6 Å². The highest BCUT2D eigenvalue weighted by Gasteiger charge is 1.99. The second-order valence-corrected chi connectivity index (χ2v) is 3.81. The van der Waals surface area contributed by atoms with Crippen molar-refractivity contribution in [2.75, 3.05) is 0 Å². The number of nitrogen functional groups attached to an aromatic ring is 1. The summed E-state index contributed by atoms with van der Waals surface area (Å²) in [4.78, 5) is 0. The van der Waals surface area contributed by atoms with Gasteiger partial charge in [-0.15, -0.1) is 0 Å². The van der Waals surface area contributed by atoms with Gasteiger partial charge in [0.05, 0.1) is 0 Å². The van der Waals surface area contributed by atoms with Crippen LogP contribution in [0.2, 0.25) is 0 Å². The van der Waals surface area contributed by atoms with Crippen LogP contribution in [0.5, 0.6) is 0 Å². The molecule has 0 unspecified atom stereocenters. The maximum absolute atomic E-state index is 5.77. The minimum atomic E-state index is 0.817. The largest absolute Gasteiger partial charge is 0.177 e. The Labute approximate surface area is 88.1 Å². The van der Waals surface area contributed by atoms with E-state index in [9.17, 15) is 0 Å². The number of benzene rings is 3. The van der Waals surface area contributed by atoms with Crippen molar-refractivity contribution >= 4 is 27.2 Å². The fourth-order valence-corrected chi connectivity index (χ4v) is 1.96. The Morgan fingerprint density at radius 1 is 0.600 bits per heavy atom. The first-order valence-electron chi connectivity index (χ1n) is 5.01. The molecule has 1 nitrogen and oxygen atoms in total. The monoisotopic (exact) mass is 193 g/mol. The van der Waals surface area contributed by atoms with Crippen LogP contribution in [0.3, 0.4) is 0 Å². The van der Waals surface area contributed by atoms with Crippen LogP contribution in [0.25, 0.3) is 21.5 Å². The van der Waals surface area contributed by atoms with Gasteiger partial charge < -0.3 is 0 Å². The van der Waals surface area contributed by atoms with Gasteiger partial charge in [0.1, 0.15) is 0 Å². The summed E-state index contributed by atoms with van der Waals surface area (Å²) in [6.45, 7) is 0. The van der Waals surface area contributed by atoms with E-state index in [1.54, 1.807) is 0 Å². The maximum atomic E-state index is 5.77. The number of rotatable bonds is 0. The molecule has 3 aromatic rings. The van der Waals surface area contributed by atoms with E-state index in [1.807, 2.05) is 12.1 Å². The maximum Gasteiger partial charge on any atom is 0.177 e. The van der Waals surface area contributed by atoms with Crippen molar-refractivity contribution < 1.29 is 5.73 Å². The van der Waals surface area contributed by atoms with Crippen LogP contribution in [0.15, 0.2) is 54.6 Å². The zero-order chi connectivity index (χ0) is 10.3. The summed E-state index contributed by atoms with van der Waals surface area (Å²) in [5.74, 6) is 0. The summed E-state index contributed by atoms with van der Waals surface area (Å²) < 4.78 is 0. The fraction of sp³-hybridized carbons (Fsp3) is 0. The standard InChI is InChI=1S/C14H11N/c15-14-6-5-12-7-10-3-1-2-4-11(10)8-13(12)9-14/h1-9H,15H2/q+1. The van der Waals surface area contributed by atoms with Crippen LogP contribution in [-0.2, 0) is 0 Å². The van der Waals surface area contributed by atoms with Gasteiger partial charge in [-0.1, -0.05) is 24.3 Å². The fourth-order valence-electron chi connectivity index (χ4n) is 1.96. The summed E-state index contributed by atoms with van der Waals surface area (Å²) in [5.41, 5.74) is 6.59. The van der Waals surface area contributed by atoms with E-state index in [0.29, 0.717) is 0 Å². The predicted molar refractivity (Wildman–Crippen MR) is 63.0 cm³/mol. The normalized spacial score (nSPS) is 11.0. The smallest absolute Gasteiger partial charge is 0.160 e. The molecule has 15 heavy (non-hydrogen) atoms. The highest BCUT2D eigenvalue weighted by molar-refractivity contribution is 5.98. The van der Waals surface area contributed by atoms with E-state index in [2.05, 4.69) is 42.5 Å². The van der Waals surface area contributed by atoms with Crippen LogP contribution in [0.4, 0.5) is 5.69 Å². The number of nitrogens with two attached hydrogens (primary N) is 1. The summed E-state index contributed by atoms with van der Waals surface area (Å²) in [5, 5.41) is 4.97. The molecule has 0 atom stereocenters. The molecule has 0 saturated heterocycles. The quantitative estimate of drug-likeness (QED) is 0.419. The van der Waals surface area contributed by atoms with Gasteiger partial charge in [0.15, 0.2) is 5.69 Å². The molecule has 3 rings (SSSR count). The van der Waals surface area contributed by atoms with Crippen molar-refractivity contribution in [3.63, 3.8) is 0 Å². The van der Waals surface area contributed by atoms with Gasteiger partial charge in [-0.05, 0) is 39.7 Å². The van der Waals surface area contributed by atoms with Gasteiger partial charge in [0.25, 0.3) is 0 Å². The first-order chi connectivity index (χ1) is 7.33. The summed E-state index contributed by atoms with van der Waals surface area (Å²) >= 11 is 0. The van der Waals surface area contributed by atoms with E-state index >= 15 is 0 Å². The molecule has 71 valence electrons. The third kappa shape index (κ3) is 1.37. The first-order valence-corrected chi connectivity index (χ1v) is 5.01. The van der Waals surface area contributed by atoms with E-state index in [1.165, 1.54) is 21.5 Å². The van der Waals surface area contributed by atoms with E-state index in [-0.39, 0.29) is 0 Å². The molecule has 0 amide bonds. The Morgan fingerprint density at radius 3 is 1.93 bits per heavy atom. The van der Waals surface area contributed by atoms with Crippen LogP contribution >= 0.6 is 0 Å². The van der Waals surface area contributed by atoms with Gasteiger partial charge in [-0.2, -0.15) is 5.73 Å². The van der Waals surface area contributed by atoms with Crippen molar-refractivity contribution in [2.45, 2.75) is 0 Å². The molecule has 0 aliphatic carbocycles. The molecule has 0 spiro atoms. The van der Waals surface area contributed by atoms with Crippen molar-refractivity contribution in [1.82, 2.24) is 0 Å². The molecule has 0 fully saturated rings. The minimum Gasteiger partial charge on any atom is -0.160 e. The number of hydrogen-bond donors (Lipinski definition) is 1. The van der Waals surface area contributed by atoms with Gasteiger partial charge in [-0.25, -0.2) is 0 Å². The van der Waals surface area contributed by atoms with Gasteiger partial charge in [-0.3, -0.25) is 0 Å². The second kappa shape index (κ2) is 3.07. The molecular weight excluding hydrogens is 182 g/mol. The van der Waals surface area contributed by atoms with E-state index < -0.39 is 0 Å². The van der Waals surface area contributed by atoms with Crippen LogP contribution in [-0.4, -0.2) is 0 Å². The van der Waals surface area contributed by atoms with E-state index in [0.717, 1.165) is 5.69 Å². The second-order valence-electron chi connectivity index (χ2n) is 3.81. The highest BCUT2D eigenvalue weighted by Crippen LogP contribution is 2.23. The Hall–Kier alpha value is -1.86. The number of fused-ring (bicyclic) bond motifs is 2. The lowest BCUT2D eigenvalue weighted by atomic mass is 10.0. The minimum absolute atomic E-state index is 0.817. The molecule has 0 heterocycles. The average Bonchev–Trinajstić information content (AvgIpc) is 2.26. The van der Waals surface area contributed by atoms with Gasteiger partial charge >= 0.3 is 0 Å². The average molecular weight is 193 g/mol. The van der Waals surface area contributed by atoms with Crippen LogP contribution in [0.1, 0.15) is 0 Å². The van der Waals surface area contributed by atoms with Gasteiger partial charge in [0.2, 0.25) is 0 Å². The molecule has 2 N–H and O–H groups in total. The molecule has 3 aromatic carbocycles. The Kier molecular flexibility index (Phi) is 1.73. The van der Waals surface area contributed by atoms with Crippen molar-refractivity contribution in [2.24, 2.45) is 0 Å². The van der Waals surface area contributed by atoms with Crippen molar-refractivity contribution in [3.8, 4) is 0 Å². The highest BCUT2D eigenvalue weighted by atomic mass is 14.5. The molecule has 0 aliphatic heterocycles. The summed E-state index contributed by atoms with van der Waals surface area (Å²) in [6.07, 6.45) is 0. The Morgan fingerprint density at radius 2 is 1.20 bits per heavy atom. The molecule has 0 bridgehead atoms. The lowest BCUT2D eigenvalue weighted by Crippen LogP contribution is -2.39. The molecule has 1 heteroatoms. The Bertz CT molecular complexity index is 641. The zero-order valence-corrected chi connectivity index (χ0v) is 8.27. The predicted octanol–water partition coefficient (Wildman–Crippen LogP) is 2.65. The number of anilines is 1. The molecule has 0 aliphatic rings. The van der Waals surface area contributed by atoms with Crippen LogP contribution in [0, 0.1) is 0 Å². The summed E-state index contributed by atoms with van der Waals surface area (Å²) in [7, 11) is 0. The molecule has 1 radical (unpaired) electrons. The Balaban J connectivity index is 2.47. The SMILES string of the molecule is [NH2+]c1ccc2cc3ccccc3cc2c1. The first kappa shape index (κ1) is 8.45. The van der Waals surface area contributed by atoms with Crippen molar-refractivity contribution in [1.29, 1.82) is 0 Å². The third-order valence-corrected chi connectivity index (χ3v) is 2.73. The summed E-state index contributed by atoms with van der Waals surface area (Å²) in [6, 6.07) is 18.8. The van der Waals surface area contributed by atoms with Gasteiger partial charge in [0, 0.05) is 12.1 Å². The third-order valence-electron chi connectivity index (χ3n) is 2.73. The molecule has 0 aromatic heterocycles.